The first-order valence-corrected chi connectivity index (χ1v) is 12.7. The van der Waals surface area contributed by atoms with Gasteiger partial charge in [0.15, 0.2) is 5.78 Å². The third kappa shape index (κ3) is 5.10. The van der Waals surface area contributed by atoms with Crippen molar-refractivity contribution in [3.63, 3.8) is 0 Å². The zero-order valence-electron chi connectivity index (χ0n) is 21.6. The van der Waals surface area contributed by atoms with E-state index in [1.54, 1.807) is 7.11 Å². The molecule has 1 aliphatic heterocycles. The van der Waals surface area contributed by atoms with Gasteiger partial charge >= 0.3 is 0 Å². The second-order valence-electron chi connectivity index (χ2n) is 10.5. The summed E-state index contributed by atoms with van der Waals surface area (Å²) in [5.74, 6) is 0.661. The molecule has 37 heavy (non-hydrogen) atoms. The van der Waals surface area contributed by atoms with Gasteiger partial charge in [-0.15, -0.1) is 0 Å². The SMILES string of the molecule is COc1ccccc1C1C2=C(CC(C)(C)CC2=O)Nc2ccccc2N1CC(=O)NCc1ccccc1. The van der Waals surface area contributed by atoms with Gasteiger partial charge in [-0.3, -0.25) is 9.59 Å². The Kier molecular flexibility index (Phi) is 6.74. The monoisotopic (exact) mass is 495 g/mol. The number of carbonyl (C=O) groups excluding carboxylic acids is 2. The molecule has 1 heterocycles. The van der Waals surface area contributed by atoms with E-state index in [2.05, 4.69) is 24.5 Å². The van der Waals surface area contributed by atoms with Gasteiger partial charge in [-0.2, -0.15) is 0 Å². The quantitative estimate of drug-likeness (QED) is 0.464. The number of benzene rings is 3. The number of nitrogens with one attached hydrogen (secondary N) is 2. The van der Waals surface area contributed by atoms with E-state index in [9.17, 15) is 9.59 Å². The topological polar surface area (TPSA) is 70.7 Å². The van der Waals surface area contributed by atoms with Crippen LogP contribution < -0.4 is 20.3 Å². The molecule has 2 N–H and O–H groups in total. The number of Topliss-reactive ketones (excluding diaryl/α,β-unsaturated/α-hetero) is 1. The number of methoxy groups -OCH3 is 1. The Morgan fingerprint density at radius 1 is 1.00 bits per heavy atom. The predicted octanol–water partition coefficient (Wildman–Crippen LogP) is 5.63. The summed E-state index contributed by atoms with van der Waals surface area (Å²) in [5.41, 5.74) is 5.10. The number of hydrogen-bond acceptors (Lipinski definition) is 5. The highest BCUT2D eigenvalue weighted by Gasteiger charge is 2.42. The molecule has 5 rings (SSSR count). The number of para-hydroxylation sites is 3. The maximum Gasteiger partial charge on any atom is 0.239 e. The smallest absolute Gasteiger partial charge is 0.239 e. The molecule has 0 saturated heterocycles. The van der Waals surface area contributed by atoms with E-state index in [1.165, 1.54) is 0 Å². The Balaban J connectivity index is 1.61. The fourth-order valence-corrected chi connectivity index (χ4v) is 5.45. The molecule has 0 radical (unpaired) electrons. The molecule has 0 aromatic heterocycles. The van der Waals surface area contributed by atoms with Crippen LogP contribution in [0.3, 0.4) is 0 Å². The zero-order valence-corrected chi connectivity index (χ0v) is 21.6. The minimum Gasteiger partial charge on any atom is -0.496 e. The second-order valence-corrected chi connectivity index (χ2v) is 10.5. The minimum absolute atomic E-state index is 0.0850. The molecule has 0 fully saturated rings. The summed E-state index contributed by atoms with van der Waals surface area (Å²) in [6.07, 6.45) is 1.19. The summed E-state index contributed by atoms with van der Waals surface area (Å²) in [4.78, 5) is 29.2. The first kappa shape index (κ1) is 24.6. The van der Waals surface area contributed by atoms with Gasteiger partial charge in [-0.1, -0.05) is 74.5 Å². The Labute approximate surface area is 218 Å². The molecule has 3 aromatic rings. The van der Waals surface area contributed by atoms with Crippen LogP contribution in [-0.4, -0.2) is 25.3 Å². The lowest BCUT2D eigenvalue weighted by molar-refractivity contribution is -0.121. The molecule has 1 atom stereocenters. The van der Waals surface area contributed by atoms with Gasteiger partial charge in [-0.05, 0) is 35.6 Å². The molecule has 1 amide bonds. The Morgan fingerprint density at radius 3 is 2.49 bits per heavy atom. The highest BCUT2D eigenvalue weighted by Crippen LogP contribution is 2.49. The predicted molar refractivity (Wildman–Crippen MR) is 146 cm³/mol. The number of anilines is 2. The largest absolute Gasteiger partial charge is 0.496 e. The van der Waals surface area contributed by atoms with Gasteiger partial charge in [0.25, 0.3) is 0 Å². The summed E-state index contributed by atoms with van der Waals surface area (Å²) >= 11 is 0. The molecule has 3 aromatic carbocycles. The molecule has 0 spiro atoms. The molecule has 0 saturated carbocycles. The van der Waals surface area contributed by atoms with Gasteiger partial charge in [0.1, 0.15) is 5.75 Å². The molecule has 6 nitrogen and oxygen atoms in total. The lowest BCUT2D eigenvalue weighted by atomic mass is 9.73. The molecule has 1 unspecified atom stereocenters. The first-order chi connectivity index (χ1) is 17.9. The number of hydrogen-bond donors (Lipinski definition) is 2. The first-order valence-electron chi connectivity index (χ1n) is 12.7. The summed E-state index contributed by atoms with van der Waals surface area (Å²) < 4.78 is 5.76. The maximum absolute atomic E-state index is 13.8. The van der Waals surface area contributed by atoms with Crippen molar-refractivity contribution in [1.82, 2.24) is 5.32 Å². The van der Waals surface area contributed by atoms with Crippen LogP contribution in [0, 0.1) is 5.41 Å². The van der Waals surface area contributed by atoms with Crippen molar-refractivity contribution in [2.45, 2.75) is 39.3 Å². The number of fused-ring (bicyclic) bond motifs is 1. The Bertz CT molecular complexity index is 1350. The van der Waals surface area contributed by atoms with Crippen LogP contribution in [0.4, 0.5) is 11.4 Å². The fraction of sp³-hybridized carbons (Fsp3) is 0.290. The average Bonchev–Trinajstić information content (AvgIpc) is 3.01. The van der Waals surface area contributed by atoms with Gasteiger partial charge in [0, 0.05) is 29.8 Å². The molecule has 6 heteroatoms. The van der Waals surface area contributed by atoms with Crippen molar-refractivity contribution >= 4 is 23.1 Å². The van der Waals surface area contributed by atoms with Gasteiger partial charge < -0.3 is 20.3 Å². The van der Waals surface area contributed by atoms with Crippen LogP contribution in [0.25, 0.3) is 0 Å². The maximum atomic E-state index is 13.8. The Morgan fingerprint density at radius 2 is 1.70 bits per heavy atom. The van der Waals surface area contributed by atoms with Crippen molar-refractivity contribution in [2.24, 2.45) is 5.41 Å². The van der Waals surface area contributed by atoms with Crippen LogP contribution in [0.2, 0.25) is 0 Å². The number of ether oxygens (including phenoxy) is 1. The van der Waals surface area contributed by atoms with Crippen LogP contribution in [0.15, 0.2) is 90.1 Å². The zero-order chi connectivity index (χ0) is 26.0. The van der Waals surface area contributed by atoms with Crippen molar-refractivity contribution in [1.29, 1.82) is 0 Å². The van der Waals surface area contributed by atoms with E-state index in [0.29, 0.717) is 24.3 Å². The number of carbonyl (C=O) groups is 2. The van der Waals surface area contributed by atoms with Crippen molar-refractivity contribution in [2.75, 3.05) is 23.9 Å². The van der Waals surface area contributed by atoms with Crippen LogP contribution in [0.1, 0.15) is 43.9 Å². The van der Waals surface area contributed by atoms with E-state index < -0.39 is 6.04 Å². The van der Waals surface area contributed by atoms with E-state index in [4.69, 9.17) is 4.74 Å². The van der Waals surface area contributed by atoms with Crippen LogP contribution in [0.5, 0.6) is 5.75 Å². The average molecular weight is 496 g/mol. The normalized spacial score (nSPS) is 18.3. The van der Waals surface area contributed by atoms with Gasteiger partial charge in [0.05, 0.1) is 31.1 Å². The number of amides is 1. The standard InChI is InChI=1S/C31H33N3O3/c1-31(2)17-24-29(26(35)18-31)30(22-13-7-10-16-27(22)37-3)34(25-15-9-8-14-23(25)33-24)20-28(36)32-19-21-11-5-4-6-12-21/h4-16,30,33H,17-20H2,1-3H3,(H,32,36). The number of ketones is 1. The Hall–Kier alpha value is -4.06. The van der Waals surface area contributed by atoms with E-state index in [-0.39, 0.29) is 23.7 Å². The summed E-state index contributed by atoms with van der Waals surface area (Å²) in [6.45, 7) is 4.77. The van der Waals surface area contributed by atoms with Gasteiger partial charge in [0.2, 0.25) is 5.91 Å². The number of nitrogens with zero attached hydrogens (tertiary/aromatic N) is 1. The highest BCUT2D eigenvalue weighted by atomic mass is 16.5. The number of allylic oxidation sites excluding steroid dienone is 1. The molecule has 0 bridgehead atoms. The lowest BCUT2D eigenvalue weighted by Crippen LogP contribution is -2.42. The fourth-order valence-electron chi connectivity index (χ4n) is 5.45. The molecule has 190 valence electrons. The molecular weight excluding hydrogens is 462 g/mol. The van der Waals surface area contributed by atoms with Crippen LogP contribution in [-0.2, 0) is 16.1 Å². The van der Waals surface area contributed by atoms with Crippen molar-refractivity contribution < 1.29 is 14.3 Å². The minimum atomic E-state index is -0.478. The third-order valence-corrected chi connectivity index (χ3v) is 7.08. The second kappa shape index (κ2) is 10.1. The number of rotatable bonds is 6. The molecular formula is C31H33N3O3. The summed E-state index contributed by atoms with van der Waals surface area (Å²) in [6, 6.07) is 25.1. The van der Waals surface area contributed by atoms with Crippen molar-refractivity contribution in [3.05, 3.63) is 101 Å². The third-order valence-electron chi connectivity index (χ3n) is 7.08. The van der Waals surface area contributed by atoms with E-state index in [1.807, 2.05) is 83.8 Å². The van der Waals surface area contributed by atoms with Gasteiger partial charge in [-0.25, -0.2) is 0 Å². The van der Waals surface area contributed by atoms with E-state index >= 15 is 0 Å². The van der Waals surface area contributed by atoms with Crippen molar-refractivity contribution in [3.8, 4) is 5.75 Å². The highest BCUT2D eigenvalue weighted by molar-refractivity contribution is 6.02. The van der Waals surface area contributed by atoms with Crippen LogP contribution >= 0.6 is 0 Å². The summed E-state index contributed by atoms with van der Waals surface area (Å²) in [5, 5.41) is 6.65. The van der Waals surface area contributed by atoms with E-state index in [0.717, 1.165) is 34.6 Å². The molecule has 1 aliphatic carbocycles. The lowest BCUT2D eigenvalue weighted by Gasteiger charge is -2.38. The molecule has 2 aliphatic rings. The summed E-state index contributed by atoms with van der Waals surface area (Å²) in [7, 11) is 1.64.